The van der Waals surface area contributed by atoms with Gasteiger partial charge in [-0.05, 0) is 140 Å². The first-order valence-electron chi connectivity index (χ1n) is 19.4. The third-order valence-electron chi connectivity index (χ3n) is 11.6. The van der Waals surface area contributed by atoms with E-state index in [-0.39, 0.29) is 0 Å². The van der Waals surface area contributed by atoms with Gasteiger partial charge in [-0.3, -0.25) is 0 Å². The van der Waals surface area contributed by atoms with Gasteiger partial charge >= 0.3 is 0 Å². The molecule has 0 heteroatoms. The average molecular weight is 709 g/mol. The molecule has 0 heterocycles. The van der Waals surface area contributed by atoms with Crippen LogP contribution in [0, 0.1) is 0 Å². The Bertz CT molecular complexity index is 3300. The molecule has 0 atom stereocenters. The first-order chi connectivity index (χ1) is 27.8. The van der Waals surface area contributed by atoms with Crippen LogP contribution in [0.25, 0.3) is 109 Å². The van der Waals surface area contributed by atoms with Gasteiger partial charge in [0.15, 0.2) is 0 Å². The molecule has 0 aromatic heterocycles. The highest BCUT2D eigenvalue weighted by Crippen LogP contribution is 2.43. The van der Waals surface area contributed by atoms with Gasteiger partial charge in [-0.15, -0.1) is 0 Å². The van der Waals surface area contributed by atoms with E-state index < -0.39 is 0 Å². The average Bonchev–Trinajstić information content (AvgIpc) is 3.28. The standard InChI is InChI=1S/C56H36/c1-3-24-45-37(14-1)16-12-30-47(45)41-20-9-18-39(32-41)40-19-10-22-43(33-40)53-35-55-52-29-8-6-27-50(52)54(36-56(55)51-28-7-5-26-49(51)53)44-23-11-21-42(34-44)48-31-13-17-38-15-2-4-25-46(38)48/h1-36H. The number of fused-ring (bicyclic) bond motifs is 7. The monoisotopic (exact) mass is 708 g/mol. The van der Waals surface area contributed by atoms with E-state index in [9.17, 15) is 0 Å². The van der Waals surface area contributed by atoms with Crippen LogP contribution < -0.4 is 0 Å². The first-order valence-corrected chi connectivity index (χ1v) is 19.4. The third-order valence-corrected chi connectivity index (χ3v) is 11.6. The summed E-state index contributed by atoms with van der Waals surface area (Å²) in [5.41, 5.74) is 12.3. The summed E-state index contributed by atoms with van der Waals surface area (Å²) in [5, 5.41) is 12.7. The van der Waals surface area contributed by atoms with Crippen molar-refractivity contribution >= 4 is 53.9 Å². The molecular weight excluding hydrogens is 673 g/mol. The van der Waals surface area contributed by atoms with Crippen LogP contribution in [0.3, 0.4) is 0 Å². The molecule has 11 aromatic rings. The van der Waals surface area contributed by atoms with Gasteiger partial charge in [-0.1, -0.05) is 188 Å². The van der Waals surface area contributed by atoms with Crippen molar-refractivity contribution < 1.29 is 0 Å². The molecule has 0 unspecified atom stereocenters. The molecular formula is C56H36. The lowest BCUT2D eigenvalue weighted by Crippen LogP contribution is -1.90. The maximum atomic E-state index is 2.43. The van der Waals surface area contributed by atoms with Crippen molar-refractivity contribution in [3.8, 4) is 55.6 Å². The maximum absolute atomic E-state index is 2.43. The molecule has 0 saturated heterocycles. The van der Waals surface area contributed by atoms with Crippen LogP contribution >= 0.6 is 0 Å². The zero-order chi connectivity index (χ0) is 37.0. The number of rotatable bonds is 5. The number of hydrogen-bond donors (Lipinski definition) is 0. The maximum Gasteiger partial charge on any atom is -0.00923 e. The van der Waals surface area contributed by atoms with Crippen LogP contribution in [0.15, 0.2) is 218 Å². The summed E-state index contributed by atoms with van der Waals surface area (Å²) in [5.74, 6) is 0. The Kier molecular flexibility index (Phi) is 7.60. The summed E-state index contributed by atoms with van der Waals surface area (Å²) >= 11 is 0. The Labute approximate surface area is 326 Å². The normalized spacial score (nSPS) is 11.6. The third kappa shape index (κ3) is 5.38. The molecule has 56 heavy (non-hydrogen) atoms. The second-order valence-electron chi connectivity index (χ2n) is 14.8. The Hall–Kier alpha value is -7.28. The highest BCUT2D eigenvalue weighted by Gasteiger charge is 2.16. The van der Waals surface area contributed by atoms with E-state index in [1.165, 1.54) is 109 Å². The summed E-state index contributed by atoms with van der Waals surface area (Å²) in [6.45, 7) is 0. The SMILES string of the molecule is c1cc(-c2cccc(-c3cc4c5ccccc5c(-c5cccc(-c6cccc7ccccc67)c5)cc4c4ccccc34)c2)cc(-c2cccc3ccccc23)c1. The lowest BCUT2D eigenvalue weighted by molar-refractivity contribution is 1.59. The summed E-state index contributed by atoms with van der Waals surface area (Å²) in [7, 11) is 0. The van der Waals surface area contributed by atoms with Crippen molar-refractivity contribution in [1.82, 2.24) is 0 Å². The van der Waals surface area contributed by atoms with Crippen LogP contribution in [0.1, 0.15) is 0 Å². The van der Waals surface area contributed by atoms with Crippen molar-refractivity contribution in [1.29, 1.82) is 0 Å². The van der Waals surface area contributed by atoms with Crippen molar-refractivity contribution in [3.05, 3.63) is 218 Å². The minimum absolute atomic E-state index is 1.21. The zero-order valence-electron chi connectivity index (χ0n) is 30.8. The predicted octanol–water partition coefficient (Wildman–Crippen LogP) is 15.8. The fourth-order valence-corrected chi connectivity index (χ4v) is 8.97. The van der Waals surface area contributed by atoms with Crippen LogP contribution in [-0.4, -0.2) is 0 Å². The first kappa shape index (κ1) is 32.2. The molecule has 0 aliphatic heterocycles. The van der Waals surface area contributed by atoms with Gasteiger partial charge < -0.3 is 0 Å². The van der Waals surface area contributed by atoms with Gasteiger partial charge in [-0.25, -0.2) is 0 Å². The van der Waals surface area contributed by atoms with Gasteiger partial charge in [0.2, 0.25) is 0 Å². The van der Waals surface area contributed by atoms with Crippen molar-refractivity contribution in [2.24, 2.45) is 0 Å². The van der Waals surface area contributed by atoms with Crippen molar-refractivity contribution in [2.45, 2.75) is 0 Å². The van der Waals surface area contributed by atoms with Gasteiger partial charge in [0.05, 0.1) is 0 Å². The van der Waals surface area contributed by atoms with Crippen LogP contribution in [0.5, 0.6) is 0 Å². The van der Waals surface area contributed by atoms with E-state index in [1.54, 1.807) is 0 Å². The second kappa shape index (κ2) is 13.2. The molecule has 0 fully saturated rings. The summed E-state index contributed by atoms with van der Waals surface area (Å²) in [6.07, 6.45) is 0. The van der Waals surface area contributed by atoms with Gasteiger partial charge in [0, 0.05) is 0 Å². The number of hydrogen-bond acceptors (Lipinski definition) is 0. The highest BCUT2D eigenvalue weighted by molar-refractivity contribution is 6.24. The van der Waals surface area contributed by atoms with E-state index >= 15 is 0 Å². The predicted molar refractivity (Wildman–Crippen MR) is 241 cm³/mol. The highest BCUT2D eigenvalue weighted by atomic mass is 14.2. The molecule has 0 aliphatic rings. The minimum atomic E-state index is 1.21. The quantitative estimate of drug-likeness (QED) is 0.156. The van der Waals surface area contributed by atoms with Gasteiger partial charge in [0.1, 0.15) is 0 Å². The molecule has 11 aromatic carbocycles. The zero-order valence-corrected chi connectivity index (χ0v) is 30.8. The molecule has 260 valence electrons. The molecule has 0 radical (unpaired) electrons. The molecule has 0 N–H and O–H groups in total. The molecule has 0 spiro atoms. The van der Waals surface area contributed by atoms with Gasteiger partial charge in [0.25, 0.3) is 0 Å². The summed E-state index contributed by atoms with van der Waals surface area (Å²) < 4.78 is 0. The van der Waals surface area contributed by atoms with Crippen LogP contribution in [0.2, 0.25) is 0 Å². The van der Waals surface area contributed by atoms with Crippen molar-refractivity contribution in [3.63, 3.8) is 0 Å². The minimum Gasteiger partial charge on any atom is -0.0616 e. The topological polar surface area (TPSA) is 0 Å². The van der Waals surface area contributed by atoms with Crippen LogP contribution in [-0.2, 0) is 0 Å². The van der Waals surface area contributed by atoms with E-state index in [1.807, 2.05) is 0 Å². The fraction of sp³-hybridized carbons (Fsp3) is 0. The second-order valence-corrected chi connectivity index (χ2v) is 14.8. The Morgan fingerprint density at radius 1 is 0.161 bits per heavy atom. The number of benzene rings is 11. The lowest BCUT2D eigenvalue weighted by Gasteiger charge is -2.17. The molecule has 0 saturated carbocycles. The summed E-state index contributed by atoms with van der Waals surface area (Å²) in [4.78, 5) is 0. The smallest absolute Gasteiger partial charge is 0.00923 e. The van der Waals surface area contributed by atoms with E-state index in [2.05, 4.69) is 218 Å². The lowest BCUT2D eigenvalue weighted by atomic mass is 9.86. The van der Waals surface area contributed by atoms with Crippen LogP contribution in [0.4, 0.5) is 0 Å². The largest absolute Gasteiger partial charge is 0.0616 e. The fourth-order valence-electron chi connectivity index (χ4n) is 8.97. The van der Waals surface area contributed by atoms with Crippen molar-refractivity contribution in [2.75, 3.05) is 0 Å². The van der Waals surface area contributed by atoms with E-state index in [4.69, 9.17) is 0 Å². The molecule has 0 nitrogen and oxygen atoms in total. The van der Waals surface area contributed by atoms with E-state index in [0.29, 0.717) is 0 Å². The Balaban J connectivity index is 1.07. The Morgan fingerprint density at radius 2 is 0.464 bits per heavy atom. The Morgan fingerprint density at radius 3 is 0.911 bits per heavy atom. The molecule has 0 bridgehead atoms. The molecule has 0 aliphatic carbocycles. The molecule has 11 rings (SSSR count). The van der Waals surface area contributed by atoms with Gasteiger partial charge in [-0.2, -0.15) is 0 Å². The van der Waals surface area contributed by atoms with E-state index in [0.717, 1.165) is 0 Å². The summed E-state index contributed by atoms with van der Waals surface area (Å²) in [6, 6.07) is 80.4. The molecule has 0 amide bonds.